The number of aromatic nitrogens is 2. The highest BCUT2D eigenvalue weighted by atomic mass is 16.2. The van der Waals surface area contributed by atoms with Gasteiger partial charge in [-0.1, -0.05) is 32.0 Å². The number of para-hydroxylation sites is 1. The molecule has 2 heterocycles. The van der Waals surface area contributed by atoms with Crippen LogP contribution < -0.4 is 11.2 Å². The van der Waals surface area contributed by atoms with E-state index in [-0.39, 0.29) is 17.7 Å². The van der Waals surface area contributed by atoms with Gasteiger partial charge in [-0.05, 0) is 30.3 Å². The van der Waals surface area contributed by atoms with Crippen LogP contribution in [0.4, 0.5) is 0 Å². The second-order valence-electron chi connectivity index (χ2n) is 7.94. The lowest BCUT2D eigenvalue weighted by atomic mass is 10.1. The Labute approximate surface area is 178 Å². The Bertz CT molecular complexity index is 1250. The first-order chi connectivity index (χ1) is 14.9. The first-order valence-corrected chi connectivity index (χ1v) is 10.3. The van der Waals surface area contributed by atoms with Crippen LogP contribution in [0.2, 0.25) is 0 Å². The summed E-state index contributed by atoms with van der Waals surface area (Å²) in [6.07, 6.45) is 0. The van der Waals surface area contributed by atoms with E-state index >= 15 is 0 Å². The number of carbonyl (C=O) groups is 2. The van der Waals surface area contributed by atoms with Crippen LogP contribution >= 0.6 is 0 Å². The third kappa shape index (κ3) is 3.88. The van der Waals surface area contributed by atoms with Crippen LogP contribution in [-0.4, -0.2) is 57.3 Å². The molecule has 2 amide bonds. The number of rotatable bonds is 3. The van der Waals surface area contributed by atoms with Crippen molar-refractivity contribution in [2.24, 2.45) is 5.92 Å². The van der Waals surface area contributed by atoms with Gasteiger partial charge in [0.25, 0.3) is 11.5 Å². The van der Waals surface area contributed by atoms with Crippen molar-refractivity contribution in [3.05, 3.63) is 74.9 Å². The van der Waals surface area contributed by atoms with Gasteiger partial charge < -0.3 is 14.8 Å². The molecule has 1 saturated heterocycles. The molecule has 0 saturated carbocycles. The zero-order chi connectivity index (χ0) is 22.1. The molecule has 1 N–H and O–H groups in total. The van der Waals surface area contributed by atoms with Gasteiger partial charge in [0.2, 0.25) is 5.91 Å². The minimum atomic E-state index is -0.561. The van der Waals surface area contributed by atoms with Gasteiger partial charge in [0.05, 0.1) is 16.6 Å². The number of hydrogen-bond acceptors (Lipinski definition) is 4. The van der Waals surface area contributed by atoms with Crippen LogP contribution in [0, 0.1) is 5.92 Å². The van der Waals surface area contributed by atoms with E-state index in [1.165, 1.54) is 0 Å². The number of hydrogen-bond donors (Lipinski definition) is 1. The summed E-state index contributed by atoms with van der Waals surface area (Å²) in [7, 11) is 0. The van der Waals surface area contributed by atoms with Gasteiger partial charge in [-0.25, -0.2) is 9.36 Å². The van der Waals surface area contributed by atoms with Crippen LogP contribution in [-0.2, 0) is 4.79 Å². The molecular weight excluding hydrogens is 396 g/mol. The van der Waals surface area contributed by atoms with Gasteiger partial charge in [0, 0.05) is 37.7 Å². The first-order valence-electron chi connectivity index (χ1n) is 10.3. The summed E-state index contributed by atoms with van der Waals surface area (Å²) in [5.41, 5.74) is 0.189. The maximum Gasteiger partial charge on any atom is 0.333 e. The lowest BCUT2D eigenvalue weighted by Crippen LogP contribution is -2.51. The topological polar surface area (TPSA) is 95.5 Å². The van der Waals surface area contributed by atoms with Crippen molar-refractivity contribution in [1.82, 2.24) is 19.4 Å². The Morgan fingerprint density at radius 2 is 1.55 bits per heavy atom. The third-order valence-corrected chi connectivity index (χ3v) is 5.53. The number of nitrogens with zero attached hydrogens (tertiary/aromatic N) is 3. The van der Waals surface area contributed by atoms with E-state index in [4.69, 9.17) is 0 Å². The standard InChI is InChI=1S/C23H24N4O4/c1-15(2)20(28)25-10-12-26(13-11-25)21(29)16-8-9-18-19(14-16)24-23(31)27(22(18)30)17-6-4-3-5-7-17/h3-9,14-15H,10-13H2,1-2H3,(H,24,31). The fourth-order valence-corrected chi connectivity index (χ4v) is 3.84. The number of benzene rings is 2. The molecule has 0 bridgehead atoms. The maximum absolute atomic E-state index is 13.0. The molecule has 0 aliphatic carbocycles. The molecule has 3 aromatic rings. The highest BCUT2D eigenvalue weighted by Gasteiger charge is 2.26. The predicted octanol–water partition coefficient (Wildman–Crippen LogP) is 1.62. The van der Waals surface area contributed by atoms with E-state index in [1.54, 1.807) is 58.3 Å². The van der Waals surface area contributed by atoms with Gasteiger partial charge in [0.1, 0.15) is 0 Å². The summed E-state index contributed by atoms with van der Waals surface area (Å²) >= 11 is 0. The highest BCUT2D eigenvalue weighted by Crippen LogP contribution is 2.15. The zero-order valence-electron chi connectivity index (χ0n) is 17.5. The van der Waals surface area contributed by atoms with Crippen LogP contribution in [0.15, 0.2) is 58.1 Å². The van der Waals surface area contributed by atoms with Crippen molar-refractivity contribution >= 4 is 22.7 Å². The zero-order valence-corrected chi connectivity index (χ0v) is 17.5. The molecule has 160 valence electrons. The summed E-state index contributed by atoms with van der Waals surface area (Å²) in [6, 6.07) is 13.4. The van der Waals surface area contributed by atoms with E-state index in [0.717, 1.165) is 4.57 Å². The Morgan fingerprint density at radius 3 is 2.19 bits per heavy atom. The average molecular weight is 420 g/mol. The van der Waals surface area contributed by atoms with Crippen LogP contribution in [0.1, 0.15) is 24.2 Å². The third-order valence-electron chi connectivity index (χ3n) is 5.53. The smallest absolute Gasteiger partial charge is 0.333 e. The van der Waals surface area contributed by atoms with Crippen LogP contribution in [0.25, 0.3) is 16.6 Å². The average Bonchev–Trinajstić information content (AvgIpc) is 2.78. The van der Waals surface area contributed by atoms with Crippen molar-refractivity contribution in [1.29, 1.82) is 0 Å². The number of piperazine rings is 1. The van der Waals surface area contributed by atoms with E-state index in [0.29, 0.717) is 48.3 Å². The number of carbonyl (C=O) groups excluding carboxylic acids is 2. The fourth-order valence-electron chi connectivity index (χ4n) is 3.84. The quantitative estimate of drug-likeness (QED) is 0.697. The maximum atomic E-state index is 13.0. The summed E-state index contributed by atoms with van der Waals surface area (Å²) < 4.78 is 1.08. The minimum Gasteiger partial charge on any atom is -0.339 e. The Morgan fingerprint density at radius 1 is 0.903 bits per heavy atom. The normalized spacial score (nSPS) is 14.3. The van der Waals surface area contributed by atoms with Crippen molar-refractivity contribution in [3.8, 4) is 5.69 Å². The van der Waals surface area contributed by atoms with Crippen LogP contribution in [0.5, 0.6) is 0 Å². The Balaban J connectivity index is 1.60. The molecule has 0 radical (unpaired) electrons. The first kappa shape index (κ1) is 20.6. The van der Waals surface area contributed by atoms with Crippen molar-refractivity contribution in [3.63, 3.8) is 0 Å². The van der Waals surface area contributed by atoms with Gasteiger partial charge in [-0.2, -0.15) is 0 Å². The minimum absolute atomic E-state index is 0.0699. The van der Waals surface area contributed by atoms with Crippen molar-refractivity contribution in [2.45, 2.75) is 13.8 Å². The molecule has 0 atom stereocenters. The molecule has 0 spiro atoms. The SMILES string of the molecule is CC(C)C(=O)N1CCN(C(=O)c2ccc3c(=O)n(-c4ccccc4)c(=O)[nH]c3c2)CC1. The fraction of sp³-hybridized carbons (Fsp3) is 0.304. The molecule has 31 heavy (non-hydrogen) atoms. The van der Waals surface area contributed by atoms with Gasteiger partial charge >= 0.3 is 5.69 Å². The molecular formula is C23H24N4O4. The molecule has 1 aliphatic rings. The molecule has 4 rings (SSSR count). The van der Waals surface area contributed by atoms with Crippen LogP contribution in [0.3, 0.4) is 0 Å². The Kier molecular flexibility index (Phi) is 5.46. The van der Waals surface area contributed by atoms with Gasteiger partial charge in [-0.15, -0.1) is 0 Å². The summed E-state index contributed by atoms with van der Waals surface area (Å²) in [4.78, 5) is 56.7. The number of aromatic amines is 1. The molecule has 2 aromatic carbocycles. The van der Waals surface area contributed by atoms with E-state index in [9.17, 15) is 19.2 Å². The second kappa shape index (κ2) is 8.22. The summed E-state index contributed by atoms with van der Waals surface area (Å²) in [5, 5.41) is 0.326. The van der Waals surface area contributed by atoms with Crippen molar-refractivity contribution < 1.29 is 9.59 Å². The monoisotopic (exact) mass is 420 g/mol. The van der Waals surface area contributed by atoms with Crippen molar-refractivity contribution in [2.75, 3.05) is 26.2 Å². The van der Waals surface area contributed by atoms with E-state index < -0.39 is 11.2 Å². The number of H-pyrrole nitrogens is 1. The molecule has 0 unspecified atom stereocenters. The van der Waals surface area contributed by atoms with Gasteiger partial charge in [-0.3, -0.25) is 14.4 Å². The molecule has 8 nitrogen and oxygen atoms in total. The largest absolute Gasteiger partial charge is 0.339 e. The number of fused-ring (bicyclic) bond motifs is 1. The van der Waals surface area contributed by atoms with Gasteiger partial charge in [0.15, 0.2) is 0 Å². The number of nitrogens with one attached hydrogen (secondary N) is 1. The van der Waals surface area contributed by atoms with E-state index in [2.05, 4.69) is 4.98 Å². The molecule has 1 aromatic heterocycles. The Hall–Kier alpha value is -3.68. The lowest BCUT2D eigenvalue weighted by Gasteiger charge is -2.35. The molecule has 1 fully saturated rings. The second-order valence-corrected chi connectivity index (χ2v) is 7.94. The highest BCUT2D eigenvalue weighted by molar-refractivity contribution is 5.97. The molecule has 1 aliphatic heterocycles. The lowest BCUT2D eigenvalue weighted by molar-refractivity contribution is -0.135. The summed E-state index contributed by atoms with van der Waals surface area (Å²) in [6.45, 7) is 5.61. The predicted molar refractivity (Wildman–Crippen MR) is 117 cm³/mol. The number of amides is 2. The van der Waals surface area contributed by atoms with E-state index in [1.807, 2.05) is 13.8 Å². The summed E-state index contributed by atoms with van der Waals surface area (Å²) in [5.74, 6) is -0.170. The molecule has 8 heteroatoms.